The van der Waals surface area contributed by atoms with Gasteiger partial charge in [0.15, 0.2) is 0 Å². The Bertz CT molecular complexity index is 875. The Morgan fingerprint density at radius 2 is 1.38 bits per heavy atom. The first-order valence-electron chi connectivity index (χ1n) is 12.2. The summed E-state index contributed by atoms with van der Waals surface area (Å²) < 4.78 is 13.5. The molecule has 0 radical (unpaired) electrons. The summed E-state index contributed by atoms with van der Waals surface area (Å²) >= 11 is 0. The van der Waals surface area contributed by atoms with Crippen LogP contribution in [0.2, 0.25) is 16.6 Å². The van der Waals surface area contributed by atoms with E-state index in [2.05, 4.69) is 108 Å². The van der Waals surface area contributed by atoms with Crippen molar-refractivity contribution in [2.24, 2.45) is 0 Å². The fourth-order valence-corrected chi connectivity index (χ4v) is 10.6. The van der Waals surface area contributed by atoms with Gasteiger partial charge in [-0.25, -0.2) is 0 Å². The highest BCUT2D eigenvalue weighted by Crippen LogP contribution is 2.45. The predicted molar refractivity (Wildman–Crippen MR) is 138 cm³/mol. The third kappa shape index (κ3) is 5.56. The van der Waals surface area contributed by atoms with Crippen LogP contribution in [0.25, 0.3) is 0 Å². The van der Waals surface area contributed by atoms with Crippen molar-refractivity contribution in [2.75, 3.05) is 0 Å². The first kappa shape index (κ1) is 24.4. The van der Waals surface area contributed by atoms with E-state index in [0.29, 0.717) is 23.2 Å². The lowest BCUT2D eigenvalue weighted by atomic mass is 9.96. The molecule has 32 heavy (non-hydrogen) atoms. The van der Waals surface area contributed by atoms with Gasteiger partial charge in [0.1, 0.15) is 12.4 Å². The largest absolute Gasteiger partial charge is 0.546 e. The summed E-state index contributed by atoms with van der Waals surface area (Å²) in [5.74, 6) is 2.26. The monoisotopic (exact) mass is 448 g/mol. The summed E-state index contributed by atoms with van der Waals surface area (Å²) in [6.07, 6.45) is 6.49. The fourth-order valence-electron chi connectivity index (χ4n) is 5.31. The van der Waals surface area contributed by atoms with Crippen molar-refractivity contribution in [2.45, 2.75) is 83.5 Å². The van der Waals surface area contributed by atoms with Gasteiger partial charge < -0.3 is 9.16 Å². The average Bonchev–Trinajstić information content (AvgIpc) is 2.98. The zero-order chi connectivity index (χ0) is 23.1. The molecule has 1 aliphatic rings. The lowest BCUT2D eigenvalue weighted by Crippen LogP contribution is -2.47. The van der Waals surface area contributed by atoms with Gasteiger partial charge in [0.2, 0.25) is 0 Å². The zero-order valence-corrected chi connectivity index (χ0v) is 21.7. The van der Waals surface area contributed by atoms with Crippen LogP contribution in [0.3, 0.4) is 0 Å². The number of benzene rings is 2. The number of rotatable bonds is 9. The van der Waals surface area contributed by atoms with E-state index < -0.39 is 8.32 Å². The minimum Gasteiger partial charge on any atom is -0.546 e. The van der Waals surface area contributed by atoms with E-state index in [1.807, 2.05) is 6.07 Å². The highest BCUT2D eigenvalue weighted by Gasteiger charge is 2.47. The van der Waals surface area contributed by atoms with Gasteiger partial charge >= 0.3 is 0 Å². The molecule has 0 saturated carbocycles. The fraction of sp³-hybridized carbons (Fsp3) is 0.448. The normalized spacial score (nSPS) is 17.2. The molecular formula is C29H40O2Si. The highest BCUT2D eigenvalue weighted by atomic mass is 28.4. The van der Waals surface area contributed by atoms with Crippen LogP contribution in [0.1, 0.15) is 71.4 Å². The lowest BCUT2D eigenvalue weighted by Gasteiger charge is -2.43. The van der Waals surface area contributed by atoms with E-state index in [-0.39, 0.29) is 5.92 Å². The average molecular weight is 449 g/mol. The van der Waals surface area contributed by atoms with Crippen LogP contribution < -0.4 is 0 Å². The molecule has 2 aromatic rings. The molecule has 0 heterocycles. The molecule has 0 amide bonds. The van der Waals surface area contributed by atoms with E-state index in [0.717, 1.165) is 24.4 Å². The second-order valence-corrected chi connectivity index (χ2v) is 15.2. The van der Waals surface area contributed by atoms with Gasteiger partial charge in [-0.15, -0.1) is 0 Å². The molecule has 0 N–H and O–H groups in total. The van der Waals surface area contributed by atoms with Crippen molar-refractivity contribution in [1.82, 2.24) is 0 Å². The van der Waals surface area contributed by atoms with Crippen LogP contribution in [0.5, 0.6) is 0 Å². The Morgan fingerprint density at radius 3 is 1.94 bits per heavy atom. The van der Waals surface area contributed by atoms with Gasteiger partial charge in [-0.05, 0) is 46.3 Å². The van der Waals surface area contributed by atoms with Crippen molar-refractivity contribution in [3.8, 4) is 0 Å². The zero-order valence-electron chi connectivity index (χ0n) is 20.7. The Kier molecular flexibility index (Phi) is 8.42. The van der Waals surface area contributed by atoms with E-state index in [9.17, 15) is 0 Å². The maximum atomic E-state index is 7.12. The van der Waals surface area contributed by atoms with Crippen molar-refractivity contribution >= 4 is 8.32 Å². The first-order valence-corrected chi connectivity index (χ1v) is 14.3. The number of allylic oxidation sites excluding steroid dienone is 3. The highest BCUT2D eigenvalue weighted by molar-refractivity contribution is 6.77. The van der Waals surface area contributed by atoms with Crippen LogP contribution >= 0.6 is 0 Å². The number of hydrogen-bond acceptors (Lipinski definition) is 2. The van der Waals surface area contributed by atoms with Gasteiger partial charge in [-0.2, -0.15) is 0 Å². The summed E-state index contributed by atoms with van der Waals surface area (Å²) in [4.78, 5) is 0. The molecule has 0 aliphatic heterocycles. The predicted octanol–water partition coefficient (Wildman–Crippen LogP) is 8.74. The molecule has 0 saturated heterocycles. The topological polar surface area (TPSA) is 18.5 Å². The summed E-state index contributed by atoms with van der Waals surface area (Å²) in [6.45, 7) is 14.7. The third-order valence-electron chi connectivity index (χ3n) is 6.82. The van der Waals surface area contributed by atoms with Crippen molar-refractivity contribution in [3.63, 3.8) is 0 Å². The lowest BCUT2D eigenvalue weighted by molar-refractivity contribution is 0.185. The molecule has 1 unspecified atom stereocenters. The van der Waals surface area contributed by atoms with Gasteiger partial charge in [-0.1, -0.05) is 102 Å². The summed E-state index contributed by atoms with van der Waals surface area (Å²) in [6, 6.07) is 21.1. The first-order chi connectivity index (χ1) is 15.3. The smallest absolute Gasteiger partial charge is 0.258 e. The molecule has 1 atom stereocenters. The third-order valence-corrected chi connectivity index (χ3v) is 12.8. The quantitative estimate of drug-likeness (QED) is 0.357. The SMILES string of the molecule is CC(C)[Si](OC1=CC(c2ccccc2)C(OCc2ccccc2)=CCC1)(C(C)C)C(C)C. The standard InChI is InChI=1S/C29H40O2Si/c1-22(2)32(23(3)4,24(5)6)31-27-18-13-19-29(30-21-25-14-9-7-10-15-25)28(20-27)26-16-11-8-12-17-26/h7-12,14-17,19-20,22-24,28H,13,18,21H2,1-6H3. The summed E-state index contributed by atoms with van der Waals surface area (Å²) in [7, 11) is -1.99. The van der Waals surface area contributed by atoms with Gasteiger partial charge in [0, 0.05) is 6.42 Å². The second-order valence-electron chi connectivity index (χ2n) is 9.86. The van der Waals surface area contributed by atoms with Crippen LogP contribution in [0, 0.1) is 0 Å². The Balaban J connectivity index is 1.93. The number of ether oxygens (including phenoxy) is 1. The Hall–Kier alpha value is -2.26. The van der Waals surface area contributed by atoms with Crippen molar-refractivity contribution in [3.05, 3.63) is 95.5 Å². The van der Waals surface area contributed by atoms with E-state index in [1.165, 1.54) is 11.1 Å². The molecular weight excluding hydrogens is 408 g/mol. The second kappa shape index (κ2) is 11.0. The van der Waals surface area contributed by atoms with Crippen LogP contribution in [0.4, 0.5) is 0 Å². The molecule has 172 valence electrons. The molecule has 0 bridgehead atoms. The van der Waals surface area contributed by atoms with Gasteiger partial charge in [0.25, 0.3) is 8.32 Å². The molecule has 2 aromatic carbocycles. The Morgan fingerprint density at radius 1 is 0.812 bits per heavy atom. The van der Waals surface area contributed by atoms with Gasteiger partial charge in [-0.3, -0.25) is 0 Å². The van der Waals surface area contributed by atoms with Crippen LogP contribution in [-0.4, -0.2) is 8.32 Å². The van der Waals surface area contributed by atoms with E-state index in [1.54, 1.807) is 0 Å². The van der Waals surface area contributed by atoms with Crippen LogP contribution in [-0.2, 0) is 15.8 Å². The summed E-state index contributed by atoms with van der Waals surface area (Å²) in [5.41, 5.74) is 4.12. The summed E-state index contributed by atoms with van der Waals surface area (Å²) in [5, 5.41) is 0. The van der Waals surface area contributed by atoms with Crippen LogP contribution in [0.15, 0.2) is 84.3 Å². The Labute approximate surface area is 196 Å². The molecule has 0 fully saturated rings. The van der Waals surface area contributed by atoms with E-state index in [4.69, 9.17) is 9.16 Å². The minimum absolute atomic E-state index is 0.0793. The molecule has 0 aromatic heterocycles. The molecule has 0 spiro atoms. The molecule has 3 rings (SSSR count). The van der Waals surface area contributed by atoms with Crippen molar-refractivity contribution in [1.29, 1.82) is 0 Å². The maximum absolute atomic E-state index is 7.12. The van der Waals surface area contributed by atoms with Crippen molar-refractivity contribution < 1.29 is 9.16 Å². The maximum Gasteiger partial charge on any atom is 0.258 e. The molecule has 1 aliphatic carbocycles. The minimum atomic E-state index is -1.99. The number of hydrogen-bond donors (Lipinski definition) is 0. The van der Waals surface area contributed by atoms with E-state index >= 15 is 0 Å². The van der Waals surface area contributed by atoms with Gasteiger partial charge in [0.05, 0.1) is 11.7 Å². The molecule has 3 heteroatoms. The molecule has 2 nitrogen and oxygen atoms in total.